The van der Waals surface area contributed by atoms with E-state index in [2.05, 4.69) is 11.1 Å². The van der Waals surface area contributed by atoms with Gasteiger partial charge in [0.05, 0.1) is 0 Å². The molecule has 0 aliphatic carbocycles. The van der Waals surface area contributed by atoms with Gasteiger partial charge < -0.3 is 11.1 Å². The van der Waals surface area contributed by atoms with Crippen molar-refractivity contribution in [2.75, 3.05) is 6.54 Å². The second-order valence-corrected chi connectivity index (χ2v) is 2.06. The second-order valence-electron chi connectivity index (χ2n) is 2.06. The summed E-state index contributed by atoms with van der Waals surface area (Å²) in [4.78, 5) is 31.3. The van der Waals surface area contributed by atoms with Crippen LogP contribution in [0.3, 0.4) is 0 Å². The summed E-state index contributed by atoms with van der Waals surface area (Å²) in [5.41, 5.74) is 4.66. The summed E-state index contributed by atoms with van der Waals surface area (Å²) in [7, 11) is 0. The van der Waals surface area contributed by atoms with Crippen molar-refractivity contribution in [3.05, 3.63) is 0 Å². The zero-order chi connectivity index (χ0) is 10.3. The van der Waals surface area contributed by atoms with Crippen molar-refractivity contribution in [1.29, 1.82) is 0 Å². The van der Waals surface area contributed by atoms with E-state index in [0.29, 0.717) is 0 Å². The summed E-state index contributed by atoms with van der Waals surface area (Å²) in [5, 5.41) is 4.08. The molecule has 0 fully saturated rings. The van der Waals surface area contributed by atoms with Gasteiger partial charge in [0.1, 0.15) is 0 Å². The van der Waals surface area contributed by atoms with Gasteiger partial charge in [0.2, 0.25) is 5.91 Å². The number of hydrogen-bond acceptors (Lipinski definition) is 3. The molecule has 4 amide bonds. The molecular formula is C7H9N3O3. The summed E-state index contributed by atoms with van der Waals surface area (Å²) in [6, 6.07) is -0.923. The van der Waals surface area contributed by atoms with Gasteiger partial charge in [-0.05, 0) is 5.92 Å². The molecule has 70 valence electrons. The second kappa shape index (κ2) is 5.60. The van der Waals surface area contributed by atoms with Crippen LogP contribution in [0.5, 0.6) is 0 Å². The minimum atomic E-state index is -0.923. The molecule has 13 heavy (non-hydrogen) atoms. The van der Waals surface area contributed by atoms with E-state index < -0.39 is 17.8 Å². The summed E-state index contributed by atoms with van der Waals surface area (Å²) in [6.07, 6.45) is 4.69. The number of terminal acetylenes is 1. The Labute approximate surface area is 74.9 Å². The molecule has 4 N–H and O–H groups in total. The first-order valence-electron chi connectivity index (χ1n) is 3.40. The lowest BCUT2D eigenvalue weighted by Gasteiger charge is -2.00. The van der Waals surface area contributed by atoms with Crippen LogP contribution in [-0.4, -0.2) is 24.4 Å². The lowest BCUT2D eigenvalue weighted by atomic mass is 10.4. The molecule has 0 unspecified atom stereocenters. The van der Waals surface area contributed by atoms with Crippen LogP contribution in [0.1, 0.15) is 6.42 Å². The summed E-state index contributed by atoms with van der Waals surface area (Å²) < 4.78 is 0. The van der Waals surface area contributed by atoms with E-state index in [1.54, 1.807) is 5.92 Å². The largest absolute Gasteiger partial charge is 0.351 e. The highest BCUT2D eigenvalue weighted by Crippen LogP contribution is 1.76. The van der Waals surface area contributed by atoms with Crippen molar-refractivity contribution in [1.82, 2.24) is 10.6 Å². The van der Waals surface area contributed by atoms with Crippen LogP contribution in [0.25, 0.3) is 0 Å². The average Bonchev–Trinajstić information content (AvgIpc) is 2.02. The number of carbonyl (C=O) groups excluding carboxylic acids is 3. The van der Waals surface area contributed by atoms with Gasteiger partial charge in [-0.15, -0.1) is 6.42 Å². The Morgan fingerprint density at radius 3 is 2.46 bits per heavy atom. The van der Waals surface area contributed by atoms with Crippen LogP contribution >= 0.6 is 0 Å². The van der Waals surface area contributed by atoms with Crippen molar-refractivity contribution >= 4 is 17.8 Å². The third kappa shape index (κ3) is 6.37. The number of hydrogen-bond donors (Lipinski definition) is 3. The molecule has 0 atom stereocenters. The zero-order valence-corrected chi connectivity index (χ0v) is 6.79. The first-order chi connectivity index (χ1) is 6.06. The molecule has 0 rings (SSSR count). The third-order valence-electron chi connectivity index (χ3n) is 1.03. The van der Waals surface area contributed by atoms with Crippen LogP contribution in [-0.2, 0) is 9.59 Å². The van der Waals surface area contributed by atoms with Gasteiger partial charge in [0.15, 0.2) is 0 Å². The van der Waals surface area contributed by atoms with Crippen LogP contribution in [0, 0.1) is 12.3 Å². The number of imide groups is 1. The molecule has 0 aliphatic rings. The van der Waals surface area contributed by atoms with Crippen LogP contribution in [0.2, 0.25) is 0 Å². The summed E-state index contributed by atoms with van der Waals surface area (Å²) >= 11 is 0. The predicted octanol–water partition coefficient (Wildman–Crippen LogP) is -1.68. The van der Waals surface area contributed by atoms with Gasteiger partial charge in [-0.2, -0.15) is 0 Å². The molecule has 0 saturated carbocycles. The van der Waals surface area contributed by atoms with Crippen molar-refractivity contribution in [2.45, 2.75) is 6.42 Å². The number of amides is 4. The normalized spacial score (nSPS) is 8.23. The quantitative estimate of drug-likeness (QED) is 0.455. The third-order valence-corrected chi connectivity index (χ3v) is 1.03. The zero-order valence-electron chi connectivity index (χ0n) is 6.79. The average molecular weight is 183 g/mol. The fourth-order valence-corrected chi connectivity index (χ4v) is 0.541. The van der Waals surface area contributed by atoms with Crippen LogP contribution < -0.4 is 16.4 Å². The van der Waals surface area contributed by atoms with E-state index in [1.807, 2.05) is 5.32 Å². The van der Waals surface area contributed by atoms with Gasteiger partial charge in [0, 0.05) is 13.0 Å². The Kier molecular flexibility index (Phi) is 4.72. The van der Waals surface area contributed by atoms with E-state index in [1.165, 1.54) is 0 Å². The first-order valence-corrected chi connectivity index (χ1v) is 3.40. The topological polar surface area (TPSA) is 101 Å². The van der Waals surface area contributed by atoms with Gasteiger partial charge in [-0.25, -0.2) is 4.79 Å². The Morgan fingerprint density at radius 2 is 2.00 bits per heavy atom. The SMILES string of the molecule is C#CC(=O)NCCC(=O)NC(N)=O. The number of nitrogens with two attached hydrogens (primary N) is 1. The minimum absolute atomic E-state index is 0.0453. The molecule has 0 aromatic heterocycles. The molecule has 0 aliphatic heterocycles. The van der Waals surface area contributed by atoms with Crippen molar-refractivity contribution in [2.24, 2.45) is 5.73 Å². The van der Waals surface area contributed by atoms with Gasteiger partial charge in [0.25, 0.3) is 5.91 Å². The molecule has 0 heterocycles. The van der Waals surface area contributed by atoms with Crippen molar-refractivity contribution in [3.8, 4) is 12.3 Å². The molecule has 0 aromatic carbocycles. The van der Waals surface area contributed by atoms with E-state index in [0.717, 1.165) is 0 Å². The molecule has 0 saturated heterocycles. The number of carbonyl (C=O) groups is 3. The standard InChI is InChI=1S/C7H9N3O3/c1-2-5(11)9-4-3-6(12)10-7(8)13/h1H,3-4H2,(H,9,11)(H3,8,10,12,13). The fourth-order valence-electron chi connectivity index (χ4n) is 0.541. The number of nitrogens with one attached hydrogen (secondary N) is 2. The summed E-state index contributed by atoms with van der Waals surface area (Å²) in [5.74, 6) is 0.636. The number of rotatable bonds is 3. The maximum absolute atomic E-state index is 10.7. The van der Waals surface area contributed by atoms with E-state index >= 15 is 0 Å². The van der Waals surface area contributed by atoms with Gasteiger partial charge in [-0.3, -0.25) is 14.9 Å². The maximum atomic E-state index is 10.7. The Bertz CT molecular complexity index is 267. The molecule has 6 heteroatoms. The number of urea groups is 1. The highest BCUT2D eigenvalue weighted by atomic mass is 16.2. The van der Waals surface area contributed by atoms with Crippen LogP contribution in [0.4, 0.5) is 4.79 Å². The van der Waals surface area contributed by atoms with E-state index in [-0.39, 0.29) is 13.0 Å². The predicted molar refractivity (Wildman–Crippen MR) is 44.2 cm³/mol. The summed E-state index contributed by atoms with van der Waals surface area (Å²) in [6.45, 7) is 0.0716. The number of primary amides is 1. The lowest BCUT2D eigenvalue weighted by molar-refractivity contribution is -0.120. The first kappa shape index (κ1) is 11.0. The van der Waals surface area contributed by atoms with Crippen molar-refractivity contribution in [3.63, 3.8) is 0 Å². The van der Waals surface area contributed by atoms with E-state index in [9.17, 15) is 14.4 Å². The van der Waals surface area contributed by atoms with Crippen LogP contribution in [0.15, 0.2) is 0 Å². The van der Waals surface area contributed by atoms with Gasteiger partial charge in [-0.1, -0.05) is 0 Å². The highest BCUT2D eigenvalue weighted by Gasteiger charge is 2.03. The Hall–Kier alpha value is -2.03. The smallest absolute Gasteiger partial charge is 0.318 e. The Balaban J connectivity index is 3.55. The molecule has 0 radical (unpaired) electrons. The fraction of sp³-hybridized carbons (Fsp3) is 0.286. The lowest BCUT2D eigenvalue weighted by Crippen LogP contribution is -2.37. The molecule has 0 bridgehead atoms. The van der Waals surface area contributed by atoms with Crippen molar-refractivity contribution < 1.29 is 14.4 Å². The monoisotopic (exact) mass is 183 g/mol. The maximum Gasteiger partial charge on any atom is 0.318 e. The molecule has 6 nitrogen and oxygen atoms in total. The van der Waals surface area contributed by atoms with Gasteiger partial charge >= 0.3 is 6.03 Å². The molecule has 0 aromatic rings. The van der Waals surface area contributed by atoms with E-state index in [4.69, 9.17) is 6.42 Å². The molecule has 0 spiro atoms. The highest BCUT2D eigenvalue weighted by molar-refractivity contribution is 5.95. The Morgan fingerprint density at radius 1 is 1.38 bits per heavy atom. The molecular weight excluding hydrogens is 174 g/mol. The minimum Gasteiger partial charge on any atom is -0.351 e.